The minimum atomic E-state index is -0.495. The van der Waals surface area contributed by atoms with Crippen LogP contribution in [0.1, 0.15) is 47.5 Å². The topological polar surface area (TPSA) is 105 Å². The lowest BCUT2D eigenvalue weighted by Crippen LogP contribution is -2.39. The van der Waals surface area contributed by atoms with Crippen molar-refractivity contribution in [2.75, 3.05) is 50.1 Å². The predicted molar refractivity (Wildman–Crippen MR) is 119 cm³/mol. The maximum Gasteiger partial charge on any atom is 0.348 e. The molecule has 2 atom stereocenters. The maximum absolute atomic E-state index is 13.2. The van der Waals surface area contributed by atoms with Crippen molar-refractivity contribution in [2.24, 2.45) is 0 Å². The Morgan fingerprint density at radius 2 is 2.06 bits per heavy atom. The number of aliphatic hydroxyl groups is 1. The number of carbonyl (C=O) groups is 2. The Labute approximate surface area is 187 Å². The standard InChI is InChI=1S/C23H30N4O5/c1-4-31-16-9-11-26(12-10-16)22-25-19(13-32-22)20(29)24-18-8-6-5-7-17(18)21(30)27(3)14-23(27,2)15-28/h5-8,13,16,28H,4,9-12,14-15H2,1-3H3/p+1. The molecule has 0 bridgehead atoms. The zero-order valence-corrected chi connectivity index (χ0v) is 18.8. The molecule has 2 amide bonds. The van der Waals surface area contributed by atoms with E-state index in [0.29, 0.717) is 30.4 Å². The van der Waals surface area contributed by atoms with E-state index in [4.69, 9.17) is 9.15 Å². The number of ether oxygens (including phenoxy) is 1. The normalized spacial score (nSPS) is 25.6. The fourth-order valence-electron chi connectivity index (χ4n) is 4.36. The lowest BCUT2D eigenvalue weighted by atomic mass is 10.1. The molecule has 9 heteroatoms. The first kappa shape index (κ1) is 22.4. The van der Waals surface area contributed by atoms with Gasteiger partial charge in [-0.05, 0) is 38.8 Å². The second kappa shape index (κ2) is 8.65. The van der Waals surface area contributed by atoms with Crippen LogP contribution in [0.5, 0.6) is 0 Å². The number of aliphatic hydroxyl groups excluding tert-OH is 1. The fraction of sp³-hybridized carbons (Fsp3) is 0.522. The minimum Gasteiger partial charge on any atom is -0.431 e. The Morgan fingerprint density at radius 3 is 2.72 bits per heavy atom. The van der Waals surface area contributed by atoms with Crippen molar-refractivity contribution in [3.63, 3.8) is 0 Å². The highest BCUT2D eigenvalue weighted by Crippen LogP contribution is 2.42. The number of para-hydroxylation sites is 1. The maximum atomic E-state index is 13.2. The second-order valence-electron chi connectivity index (χ2n) is 8.97. The molecule has 2 aliphatic rings. The number of quaternary nitrogens is 1. The number of carbonyl (C=O) groups excluding carboxylic acids is 2. The first-order chi connectivity index (χ1) is 15.3. The summed E-state index contributed by atoms with van der Waals surface area (Å²) >= 11 is 0. The molecular weight excluding hydrogens is 412 g/mol. The Balaban J connectivity index is 1.44. The van der Waals surface area contributed by atoms with Gasteiger partial charge in [-0.25, -0.2) is 9.28 Å². The molecule has 0 spiro atoms. The zero-order chi connectivity index (χ0) is 22.9. The second-order valence-corrected chi connectivity index (χ2v) is 8.97. The third-order valence-electron chi connectivity index (χ3n) is 6.78. The molecule has 2 aliphatic heterocycles. The van der Waals surface area contributed by atoms with Gasteiger partial charge in [0.1, 0.15) is 25.0 Å². The third-order valence-corrected chi connectivity index (χ3v) is 6.78. The Bertz CT molecular complexity index is 1000. The summed E-state index contributed by atoms with van der Waals surface area (Å²) in [7, 11) is 1.80. The largest absolute Gasteiger partial charge is 0.431 e. The summed E-state index contributed by atoms with van der Waals surface area (Å²) in [6.07, 6.45) is 3.36. The number of nitrogens with one attached hydrogen (secondary N) is 1. The van der Waals surface area contributed by atoms with E-state index in [1.165, 1.54) is 6.26 Å². The predicted octanol–water partition coefficient (Wildman–Crippen LogP) is 2.28. The summed E-state index contributed by atoms with van der Waals surface area (Å²) in [5.41, 5.74) is 0.477. The molecule has 9 nitrogen and oxygen atoms in total. The van der Waals surface area contributed by atoms with Gasteiger partial charge in [0.05, 0.1) is 18.8 Å². The number of amides is 2. The molecule has 2 aromatic rings. The SMILES string of the molecule is CCOC1CCN(c2nc(C(=O)Nc3ccccc3C(=O)[N+]3(C)CC3(C)CO)co2)CC1. The monoisotopic (exact) mass is 443 g/mol. The van der Waals surface area contributed by atoms with E-state index in [1.54, 1.807) is 31.3 Å². The lowest BCUT2D eigenvalue weighted by Gasteiger charge is -2.30. The molecule has 2 N–H and O–H groups in total. The number of benzene rings is 1. The smallest absolute Gasteiger partial charge is 0.348 e. The molecule has 1 aromatic carbocycles. The van der Waals surface area contributed by atoms with Crippen molar-refractivity contribution in [1.82, 2.24) is 4.98 Å². The van der Waals surface area contributed by atoms with Crippen LogP contribution < -0.4 is 10.2 Å². The number of oxazole rings is 1. The third kappa shape index (κ3) is 4.03. The van der Waals surface area contributed by atoms with E-state index >= 15 is 0 Å². The molecule has 2 unspecified atom stereocenters. The van der Waals surface area contributed by atoms with Crippen molar-refractivity contribution in [2.45, 2.75) is 38.3 Å². The Kier molecular flexibility index (Phi) is 6.07. The van der Waals surface area contributed by atoms with Crippen LogP contribution in [0.4, 0.5) is 11.7 Å². The van der Waals surface area contributed by atoms with Gasteiger partial charge in [0, 0.05) is 19.7 Å². The average Bonchev–Trinajstić information content (AvgIpc) is 3.14. The molecule has 172 valence electrons. The summed E-state index contributed by atoms with van der Waals surface area (Å²) in [5, 5.41) is 12.4. The highest BCUT2D eigenvalue weighted by molar-refractivity contribution is 6.07. The Hall–Kier alpha value is -2.75. The number of nitrogens with zero attached hydrogens (tertiary/aromatic N) is 3. The summed E-state index contributed by atoms with van der Waals surface area (Å²) in [6.45, 7) is 6.56. The van der Waals surface area contributed by atoms with Crippen molar-refractivity contribution in [3.05, 3.63) is 41.8 Å². The van der Waals surface area contributed by atoms with Crippen molar-refractivity contribution >= 4 is 23.5 Å². The van der Waals surface area contributed by atoms with Gasteiger partial charge in [0.2, 0.25) is 0 Å². The van der Waals surface area contributed by atoms with Gasteiger partial charge in [0.15, 0.2) is 11.2 Å². The van der Waals surface area contributed by atoms with Crippen LogP contribution >= 0.6 is 0 Å². The summed E-state index contributed by atoms with van der Waals surface area (Å²) in [6, 6.07) is 7.31. The van der Waals surface area contributed by atoms with Gasteiger partial charge in [0.25, 0.3) is 11.9 Å². The van der Waals surface area contributed by atoms with E-state index < -0.39 is 11.4 Å². The summed E-state index contributed by atoms with van der Waals surface area (Å²) in [4.78, 5) is 32.4. The van der Waals surface area contributed by atoms with E-state index in [-0.39, 0.29) is 28.8 Å². The molecule has 32 heavy (non-hydrogen) atoms. The first-order valence-electron chi connectivity index (χ1n) is 11.0. The number of piperidine rings is 1. The van der Waals surface area contributed by atoms with Crippen LogP contribution in [0.3, 0.4) is 0 Å². The minimum absolute atomic E-state index is 0.0761. The van der Waals surface area contributed by atoms with Crippen LogP contribution in [0.25, 0.3) is 0 Å². The van der Waals surface area contributed by atoms with Gasteiger partial charge in [-0.3, -0.25) is 4.79 Å². The number of anilines is 2. The van der Waals surface area contributed by atoms with Gasteiger partial charge in [-0.2, -0.15) is 4.98 Å². The highest BCUT2D eigenvalue weighted by atomic mass is 16.5. The highest BCUT2D eigenvalue weighted by Gasteiger charge is 2.68. The van der Waals surface area contributed by atoms with Crippen LogP contribution in [0.15, 0.2) is 34.9 Å². The molecule has 3 heterocycles. The van der Waals surface area contributed by atoms with Gasteiger partial charge < -0.3 is 24.5 Å². The van der Waals surface area contributed by atoms with Crippen LogP contribution in [-0.4, -0.2) is 77.9 Å². The van der Waals surface area contributed by atoms with Crippen molar-refractivity contribution in [3.8, 4) is 0 Å². The van der Waals surface area contributed by atoms with Gasteiger partial charge in [-0.15, -0.1) is 0 Å². The van der Waals surface area contributed by atoms with E-state index in [9.17, 15) is 14.7 Å². The van der Waals surface area contributed by atoms with Gasteiger partial charge >= 0.3 is 5.91 Å². The quantitative estimate of drug-likeness (QED) is 0.500. The molecule has 1 aromatic heterocycles. The number of rotatable bonds is 7. The zero-order valence-electron chi connectivity index (χ0n) is 18.8. The number of aromatic nitrogens is 1. The number of likely N-dealkylation sites (N-methyl/N-ethyl adjacent to an activating group) is 1. The lowest BCUT2D eigenvalue weighted by molar-refractivity contribution is -0.720. The van der Waals surface area contributed by atoms with E-state index in [1.807, 2.05) is 18.7 Å². The van der Waals surface area contributed by atoms with Crippen LogP contribution in [0.2, 0.25) is 0 Å². The fourth-order valence-corrected chi connectivity index (χ4v) is 4.36. The van der Waals surface area contributed by atoms with Crippen molar-refractivity contribution < 1.29 is 28.3 Å². The molecule has 4 rings (SSSR count). The number of hydrogen-bond acceptors (Lipinski definition) is 7. The summed E-state index contributed by atoms with van der Waals surface area (Å²) < 4.78 is 11.3. The molecule has 0 aliphatic carbocycles. The molecule has 0 radical (unpaired) electrons. The van der Waals surface area contributed by atoms with Crippen molar-refractivity contribution in [1.29, 1.82) is 0 Å². The summed E-state index contributed by atoms with van der Waals surface area (Å²) in [5.74, 6) is -0.585. The first-order valence-corrected chi connectivity index (χ1v) is 11.0. The van der Waals surface area contributed by atoms with E-state index in [2.05, 4.69) is 10.3 Å². The van der Waals surface area contributed by atoms with Gasteiger partial charge in [-0.1, -0.05) is 12.1 Å². The number of hydrogen-bond donors (Lipinski definition) is 2. The molecule has 2 fully saturated rings. The van der Waals surface area contributed by atoms with Crippen LogP contribution in [-0.2, 0) is 4.74 Å². The Morgan fingerprint density at radius 1 is 1.34 bits per heavy atom. The molecular formula is C23H31N4O5+. The van der Waals surface area contributed by atoms with Crippen LogP contribution in [0, 0.1) is 0 Å². The molecule has 0 saturated carbocycles. The van der Waals surface area contributed by atoms with E-state index in [0.717, 1.165) is 25.9 Å². The average molecular weight is 444 g/mol. The molecule has 2 saturated heterocycles.